The summed E-state index contributed by atoms with van der Waals surface area (Å²) >= 11 is 3.14. The summed E-state index contributed by atoms with van der Waals surface area (Å²) < 4.78 is 14.5. The number of halogens is 2. The van der Waals surface area contributed by atoms with Crippen LogP contribution in [0.25, 0.3) is 0 Å². The quantitative estimate of drug-likeness (QED) is 0.880. The van der Waals surface area contributed by atoms with Crippen LogP contribution in [0.4, 0.5) is 10.1 Å². The van der Waals surface area contributed by atoms with Gasteiger partial charge in [-0.05, 0) is 46.8 Å². The van der Waals surface area contributed by atoms with Gasteiger partial charge in [0.05, 0.1) is 21.3 Å². The van der Waals surface area contributed by atoms with Crippen LogP contribution < -0.4 is 11.1 Å². The van der Waals surface area contributed by atoms with E-state index in [0.29, 0.717) is 23.7 Å². The minimum atomic E-state index is -0.422. The van der Waals surface area contributed by atoms with Gasteiger partial charge in [0, 0.05) is 6.54 Å². The molecule has 5 heteroatoms. The van der Waals surface area contributed by atoms with Gasteiger partial charge >= 0.3 is 0 Å². The molecule has 1 saturated carbocycles. The third-order valence-electron chi connectivity index (χ3n) is 4.40. The Bertz CT molecular complexity index is 541. The lowest BCUT2D eigenvalue weighted by Gasteiger charge is -2.43. The third kappa shape index (κ3) is 2.68. The van der Waals surface area contributed by atoms with E-state index in [2.05, 4.69) is 28.2 Å². The molecule has 0 aliphatic heterocycles. The number of nitrogens with zero attached hydrogens (tertiary/aromatic N) is 1. The van der Waals surface area contributed by atoms with Gasteiger partial charge in [-0.2, -0.15) is 5.26 Å². The molecule has 2 atom stereocenters. The highest BCUT2D eigenvalue weighted by atomic mass is 79.9. The number of nitrogens with two attached hydrogens (primary N) is 1. The lowest BCUT2D eigenvalue weighted by atomic mass is 9.73. The molecule has 20 heavy (non-hydrogen) atoms. The fraction of sp³-hybridized carbons (Fsp3) is 0.533. The average molecular weight is 340 g/mol. The normalized spacial score (nSPS) is 26.1. The van der Waals surface area contributed by atoms with E-state index in [1.54, 1.807) is 12.1 Å². The molecule has 1 aliphatic rings. The minimum Gasteiger partial charge on any atom is -0.376 e. The molecule has 1 fully saturated rings. The number of hydrogen-bond donors (Lipinski definition) is 2. The first-order valence-corrected chi connectivity index (χ1v) is 7.69. The van der Waals surface area contributed by atoms with Crippen LogP contribution >= 0.6 is 15.9 Å². The highest BCUT2D eigenvalue weighted by Crippen LogP contribution is 2.37. The maximum Gasteiger partial charge on any atom is 0.161 e. The highest BCUT2D eigenvalue weighted by molar-refractivity contribution is 9.10. The van der Waals surface area contributed by atoms with Crippen molar-refractivity contribution in [2.45, 2.75) is 38.1 Å². The second-order valence-corrected chi connectivity index (χ2v) is 6.33. The molecule has 0 amide bonds. The standard InChI is InChI=1S/C15H19BrFN3/c1-10-4-2-3-7-15(10,9-19)20-12-6-5-11(8-18)13(16)14(12)17/h5-6,10,20H,2-4,7,9,19H2,1H3. The van der Waals surface area contributed by atoms with Crippen molar-refractivity contribution >= 4 is 21.6 Å². The van der Waals surface area contributed by atoms with Crippen LogP contribution in [0.5, 0.6) is 0 Å². The zero-order chi connectivity index (χ0) is 14.8. The Hall–Kier alpha value is -1.12. The van der Waals surface area contributed by atoms with Crippen LogP contribution in [0, 0.1) is 23.1 Å². The third-order valence-corrected chi connectivity index (χ3v) is 5.18. The largest absolute Gasteiger partial charge is 0.376 e. The summed E-state index contributed by atoms with van der Waals surface area (Å²) in [5, 5.41) is 12.2. The van der Waals surface area contributed by atoms with Crippen molar-refractivity contribution in [2.75, 3.05) is 11.9 Å². The summed E-state index contributed by atoms with van der Waals surface area (Å²) in [6.45, 7) is 2.64. The van der Waals surface area contributed by atoms with Gasteiger partial charge in [0.2, 0.25) is 0 Å². The van der Waals surface area contributed by atoms with Crippen molar-refractivity contribution in [1.82, 2.24) is 0 Å². The van der Waals surface area contributed by atoms with E-state index in [-0.39, 0.29) is 10.0 Å². The predicted octanol–water partition coefficient (Wildman–Crippen LogP) is 3.78. The first-order chi connectivity index (χ1) is 9.54. The molecule has 2 rings (SSSR count). The molecule has 1 aliphatic carbocycles. The Morgan fingerprint density at radius 1 is 1.55 bits per heavy atom. The van der Waals surface area contributed by atoms with Gasteiger partial charge in [0.15, 0.2) is 5.82 Å². The van der Waals surface area contributed by atoms with Crippen molar-refractivity contribution in [3.05, 3.63) is 28.0 Å². The van der Waals surface area contributed by atoms with Gasteiger partial charge in [-0.15, -0.1) is 0 Å². The maximum absolute atomic E-state index is 14.3. The second kappa shape index (κ2) is 6.11. The zero-order valence-corrected chi connectivity index (χ0v) is 13.1. The summed E-state index contributed by atoms with van der Waals surface area (Å²) in [4.78, 5) is 0. The lowest BCUT2D eigenvalue weighted by Crippen LogP contribution is -2.52. The van der Waals surface area contributed by atoms with Crippen LogP contribution in [0.2, 0.25) is 0 Å². The van der Waals surface area contributed by atoms with E-state index in [1.165, 1.54) is 6.42 Å². The number of benzene rings is 1. The number of hydrogen-bond acceptors (Lipinski definition) is 3. The molecular weight excluding hydrogens is 321 g/mol. The maximum atomic E-state index is 14.3. The highest BCUT2D eigenvalue weighted by Gasteiger charge is 2.37. The van der Waals surface area contributed by atoms with Crippen molar-refractivity contribution in [1.29, 1.82) is 5.26 Å². The van der Waals surface area contributed by atoms with Crippen LogP contribution in [0.3, 0.4) is 0 Å². The topological polar surface area (TPSA) is 61.8 Å². The molecule has 0 spiro atoms. The molecule has 0 heterocycles. The first-order valence-electron chi connectivity index (χ1n) is 6.90. The van der Waals surface area contributed by atoms with Crippen LogP contribution in [-0.4, -0.2) is 12.1 Å². The van der Waals surface area contributed by atoms with Crippen molar-refractivity contribution < 1.29 is 4.39 Å². The Labute approximate surface area is 127 Å². The molecule has 0 saturated heterocycles. The average Bonchev–Trinajstić information content (AvgIpc) is 2.46. The smallest absolute Gasteiger partial charge is 0.161 e. The van der Waals surface area contributed by atoms with Gasteiger partial charge in [0.25, 0.3) is 0 Å². The van der Waals surface area contributed by atoms with Gasteiger partial charge in [-0.1, -0.05) is 19.8 Å². The number of nitrogens with one attached hydrogen (secondary N) is 1. The van der Waals surface area contributed by atoms with Gasteiger partial charge in [-0.3, -0.25) is 0 Å². The minimum absolute atomic E-state index is 0.209. The van der Waals surface area contributed by atoms with Crippen molar-refractivity contribution in [2.24, 2.45) is 11.7 Å². The fourth-order valence-electron chi connectivity index (χ4n) is 2.95. The monoisotopic (exact) mass is 339 g/mol. The Morgan fingerprint density at radius 2 is 2.30 bits per heavy atom. The fourth-order valence-corrected chi connectivity index (χ4v) is 3.39. The molecule has 0 radical (unpaired) electrons. The SMILES string of the molecule is CC1CCCCC1(CN)Nc1ccc(C#N)c(Br)c1F. The van der Waals surface area contributed by atoms with E-state index in [4.69, 9.17) is 11.0 Å². The van der Waals surface area contributed by atoms with Crippen LogP contribution in [0.1, 0.15) is 38.2 Å². The van der Waals surface area contributed by atoms with Crippen molar-refractivity contribution in [3.8, 4) is 6.07 Å². The summed E-state index contributed by atoms with van der Waals surface area (Å²) in [7, 11) is 0. The number of nitriles is 1. The Morgan fingerprint density at radius 3 is 2.90 bits per heavy atom. The van der Waals surface area contributed by atoms with E-state index >= 15 is 0 Å². The Balaban J connectivity index is 2.33. The van der Waals surface area contributed by atoms with Crippen LogP contribution in [0.15, 0.2) is 16.6 Å². The molecule has 2 unspecified atom stereocenters. The van der Waals surface area contributed by atoms with E-state index in [9.17, 15) is 4.39 Å². The van der Waals surface area contributed by atoms with Gasteiger partial charge in [-0.25, -0.2) is 4.39 Å². The van der Waals surface area contributed by atoms with Gasteiger partial charge < -0.3 is 11.1 Å². The molecule has 0 bridgehead atoms. The van der Waals surface area contributed by atoms with Crippen LogP contribution in [-0.2, 0) is 0 Å². The van der Waals surface area contributed by atoms with Gasteiger partial charge in [0.1, 0.15) is 6.07 Å². The predicted molar refractivity (Wildman–Crippen MR) is 81.9 cm³/mol. The molecule has 1 aromatic rings. The number of anilines is 1. The molecule has 1 aromatic carbocycles. The zero-order valence-electron chi connectivity index (χ0n) is 11.5. The first kappa shape index (κ1) is 15.3. The lowest BCUT2D eigenvalue weighted by molar-refractivity contribution is 0.235. The van der Waals surface area contributed by atoms with E-state index < -0.39 is 5.82 Å². The molecule has 108 valence electrons. The number of rotatable bonds is 3. The molecule has 0 aromatic heterocycles. The summed E-state index contributed by atoms with van der Waals surface area (Å²) in [5.74, 6) is -0.0234. The van der Waals surface area contributed by atoms with E-state index in [0.717, 1.165) is 19.3 Å². The van der Waals surface area contributed by atoms with E-state index in [1.807, 2.05) is 6.07 Å². The summed E-state index contributed by atoms with van der Waals surface area (Å²) in [6.07, 6.45) is 4.35. The molecule has 3 N–H and O–H groups in total. The van der Waals surface area contributed by atoms with Crippen molar-refractivity contribution in [3.63, 3.8) is 0 Å². The molecule has 3 nitrogen and oxygen atoms in total. The summed E-state index contributed by atoms with van der Waals surface area (Å²) in [6, 6.07) is 5.20. The second-order valence-electron chi connectivity index (χ2n) is 5.53. The molecular formula is C15H19BrFN3. The summed E-state index contributed by atoms with van der Waals surface area (Å²) in [5.41, 5.74) is 6.42. The Kier molecular flexibility index (Phi) is 4.66.